The summed E-state index contributed by atoms with van der Waals surface area (Å²) in [5.41, 5.74) is 0.508. The molecule has 0 unspecified atom stereocenters. The number of hydrogen-bond acceptors (Lipinski definition) is 3. The zero-order valence-electron chi connectivity index (χ0n) is 10.7. The lowest BCUT2D eigenvalue weighted by Crippen LogP contribution is -2.19. The van der Waals surface area contributed by atoms with E-state index < -0.39 is 5.97 Å². The monoisotopic (exact) mass is 363 g/mol. The fourth-order valence-corrected chi connectivity index (χ4v) is 3.66. The van der Waals surface area contributed by atoms with Gasteiger partial charge in [-0.15, -0.1) is 11.3 Å². The first-order valence-electron chi connectivity index (χ1n) is 6.16. The van der Waals surface area contributed by atoms with Crippen molar-refractivity contribution in [3.8, 4) is 0 Å². The van der Waals surface area contributed by atoms with E-state index in [9.17, 15) is 14.7 Å². The zero-order valence-corrected chi connectivity index (χ0v) is 13.1. The van der Waals surface area contributed by atoms with Gasteiger partial charge in [0.15, 0.2) is 0 Å². The van der Waals surface area contributed by atoms with Crippen LogP contribution in [0.25, 0.3) is 10.1 Å². The molecule has 2 heterocycles. The molecular weight excluding hydrogens is 354 g/mol. The lowest BCUT2D eigenvalue weighted by atomic mass is 10.1. The molecule has 0 bridgehead atoms. The summed E-state index contributed by atoms with van der Waals surface area (Å²) >= 11 is 4.56. The molecule has 0 radical (unpaired) electrons. The fourth-order valence-electron chi connectivity index (χ4n) is 2.22. The number of pyridine rings is 1. The van der Waals surface area contributed by atoms with Crippen LogP contribution in [0.4, 0.5) is 0 Å². The van der Waals surface area contributed by atoms with Crippen molar-refractivity contribution in [3.63, 3.8) is 0 Å². The fraction of sp³-hybridized carbons (Fsp3) is 0.0667. The summed E-state index contributed by atoms with van der Waals surface area (Å²) in [6.45, 7) is 0.240. The van der Waals surface area contributed by atoms with Gasteiger partial charge >= 0.3 is 5.97 Å². The van der Waals surface area contributed by atoms with Crippen molar-refractivity contribution in [2.75, 3.05) is 0 Å². The number of benzene rings is 1. The van der Waals surface area contributed by atoms with Gasteiger partial charge in [-0.1, -0.05) is 18.2 Å². The summed E-state index contributed by atoms with van der Waals surface area (Å²) in [5, 5.41) is 10.3. The lowest BCUT2D eigenvalue weighted by Gasteiger charge is -2.06. The van der Waals surface area contributed by atoms with Crippen LogP contribution in [0.5, 0.6) is 0 Å². The number of hydrogen-bond donors (Lipinski definition) is 1. The van der Waals surface area contributed by atoms with Crippen molar-refractivity contribution < 1.29 is 9.90 Å². The smallest absolute Gasteiger partial charge is 0.346 e. The third-order valence-corrected chi connectivity index (χ3v) is 4.84. The van der Waals surface area contributed by atoms with Crippen LogP contribution in [-0.4, -0.2) is 15.6 Å². The van der Waals surface area contributed by atoms with E-state index in [4.69, 9.17) is 0 Å². The first-order valence-corrected chi connectivity index (χ1v) is 7.77. The molecule has 106 valence electrons. The van der Waals surface area contributed by atoms with Crippen molar-refractivity contribution in [2.24, 2.45) is 0 Å². The number of thiophene rings is 1. The highest BCUT2D eigenvalue weighted by Gasteiger charge is 2.18. The van der Waals surface area contributed by atoms with Gasteiger partial charge < -0.3 is 9.67 Å². The molecule has 0 fully saturated rings. The molecule has 0 saturated heterocycles. The molecule has 3 rings (SSSR count). The molecule has 0 amide bonds. The van der Waals surface area contributed by atoms with Crippen molar-refractivity contribution in [1.29, 1.82) is 0 Å². The number of fused-ring (bicyclic) bond motifs is 1. The van der Waals surface area contributed by atoms with Crippen molar-refractivity contribution >= 4 is 43.3 Å². The van der Waals surface area contributed by atoms with E-state index in [0.29, 0.717) is 5.56 Å². The molecule has 0 aliphatic rings. The van der Waals surface area contributed by atoms with Crippen LogP contribution in [0.3, 0.4) is 0 Å². The van der Waals surface area contributed by atoms with Crippen molar-refractivity contribution in [2.45, 2.75) is 6.54 Å². The van der Waals surface area contributed by atoms with Crippen LogP contribution in [0, 0.1) is 0 Å². The van der Waals surface area contributed by atoms with Gasteiger partial charge in [0.25, 0.3) is 5.56 Å². The second kappa shape index (κ2) is 5.46. The number of aromatic nitrogens is 1. The summed E-state index contributed by atoms with van der Waals surface area (Å²) in [6.07, 6.45) is 1.67. The van der Waals surface area contributed by atoms with Crippen molar-refractivity contribution in [3.05, 3.63) is 67.9 Å². The van der Waals surface area contributed by atoms with Crippen LogP contribution in [0.2, 0.25) is 0 Å². The predicted molar refractivity (Wildman–Crippen MR) is 86.3 cm³/mol. The minimum atomic E-state index is -0.964. The highest BCUT2D eigenvalue weighted by Crippen LogP contribution is 2.31. The van der Waals surface area contributed by atoms with Crippen LogP contribution in [0.15, 0.2) is 51.9 Å². The highest BCUT2D eigenvalue weighted by molar-refractivity contribution is 9.10. The normalized spacial score (nSPS) is 10.9. The zero-order chi connectivity index (χ0) is 15.0. The van der Waals surface area contributed by atoms with E-state index in [0.717, 1.165) is 14.6 Å². The summed E-state index contributed by atoms with van der Waals surface area (Å²) in [6, 6.07) is 10.6. The van der Waals surface area contributed by atoms with Gasteiger partial charge in [0.2, 0.25) is 0 Å². The average molecular weight is 364 g/mol. The van der Waals surface area contributed by atoms with Crippen LogP contribution < -0.4 is 5.56 Å². The Bertz CT molecular complexity index is 897. The summed E-state index contributed by atoms with van der Waals surface area (Å²) in [4.78, 5) is 23.6. The largest absolute Gasteiger partial charge is 0.477 e. The van der Waals surface area contributed by atoms with Crippen LogP contribution >= 0.6 is 27.3 Å². The summed E-state index contributed by atoms with van der Waals surface area (Å²) < 4.78 is 3.19. The van der Waals surface area contributed by atoms with Crippen LogP contribution in [-0.2, 0) is 6.54 Å². The van der Waals surface area contributed by atoms with E-state index in [1.165, 1.54) is 22.0 Å². The quantitative estimate of drug-likeness (QED) is 0.773. The summed E-state index contributed by atoms with van der Waals surface area (Å²) in [7, 11) is 0. The molecule has 6 heteroatoms. The van der Waals surface area contributed by atoms with Crippen molar-refractivity contribution in [1.82, 2.24) is 4.57 Å². The molecule has 3 aromatic rings. The second-order valence-electron chi connectivity index (χ2n) is 4.52. The maximum Gasteiger partial charge on any atom is 0.346 e. The van der Waals surface area contributed by atoms with Gasteiger partial charge in [-0.25, -0.2) is 4.79 Å². The average Bonchev–Trinajstić information content (AvgIpc) is 2.82. The second-order valence-corrected chi connectivity index (χ2v) is 6.49. The highest BCUT2D eigenvalue weighted by atomic mass is 79.9. The maximum absolute atomic E-state index is 11.9. The Balaban J connectivity index is 2.19. The van der Waals surface area contributed by atoms with E-state index in [1.807, 2.05) is 24.3 Å². The van der Waals surface area contributed by atoms with Gasteiger partial charge in [-0.05, 0) is 33.4 Å². The Labute approximate surface area is 132 Å². The molecular formula is C15H10BrNO3S. The van der Waals surface area contributed by atoms with E-state index in [1.54, 1.807) is 12.3 Å². The molecule has 4 nitrogen and oxygen atoms in total. The number of aromatic carboxylic acids is 1. The van der Waals surface area contributed by atoms with Gasteiger partial charge in [-0.3, -0.25) is 4.79 Å². The third-order valence-electron chi connectivity index (χ3n) is 3.17. The maximum atomic E-state index is 11.9. The number of carboxylic acids is 1. The first kappa shape index (κ1) is 14.0. The molecule has 0 spiro atoms. The van der Waals surface area contributed by atoms with Gasteiger partial charge in [0.05, 0.1) is 6.54 Å². The van der Waals surface area contributed by atoms with Gasteiger partial charge in [-0.2, -0.15) is 0 Å². The molecule has 2 aromatic heterocycles. The standard InChI is InChI=1S/C15H10BrNO3S/c16-9-5-6-13(18)17(7-9)8-11-10-3-1-2-4-12(10)21-14(11)15(19)20/h1-7H,8H2,(H,19,20). The minimum absolute atomic E-state index is 0.162. The number of halogens is 1. The summed E-state index contributed by atoms with van der Waals surface area (Å²) in [5.74, 6) is -0.964. The number of carboxylic acid groups (broad SMARTS) is 1. The third kappa shape index (κ3) is 2.64. The van der Waals surface area contributed by atoms with Crippen LogP contribution in [0.1, 0.15) is 15.2 Å². The molecule has 0 aliphatic carbocycles. The first-order chi connectivity index (χ1) is 10.1. The molecule has 0 aliphatic heterocycles. The van der Waals surface area contributed by atoms with E-state index >= 15 is 0 Å². The lowest BCUT2D eigenvalue weighted by molar-refractivity contribution is 0.0701. The topological polar surface area (TPSA) is 59.3 Å². The molecule has 1 aromatic carbocycles. The van der Waals surface area contributed by atoms with Gasteiger partial charge in [0, 0.05) is 27.0 Å². The van der Waals surface area contributed by atoms with E-state index in [-0.39, 0.29) is 17.0 Å². The van der Waals surface area contributed by atoms with Gasteiger partial charge in [0.1, 0.15) is 4.88 Å². The predicted octanol–water partition coefficient (Wildman–Crippen LogP) is 3.57. The minimum Gasteiger partial charge on any atom is -0.477 e. The molecule has 0 saturated carbocycles. The Hall–Kier alpha value is -1.92. The Morgan fingerprint density at radius 3 is 2.76 bits per heavy atom. The Kier molecular flexibility index (Phi) is 3.65. The number of nitrogens with zero attached hydrogens (tertiary/aromatic N) is 1. The number of carbonyl (C=O) groups is 1. The molecule has 21 heavy (non-hydrogen) atoms. The van der Waals surface area contributed by atoms with E-state index in [2.05, 4.69) is 15.9 Å². The SMILES string of the molecule is O=C(O)c1sc2ccccc2c1Cn1cc(Br)ccc1=O. The molecule has 1 N–H and O–H groups in total. The Morgan fingerprint density at radius 2 is 2.00 bits per heavy atom. The molecule has 0 atom stereocenters. The Morgan fingerprint density at radius 1 is 1.24 bits per heavy atom. The number of rotatable bonds is 3.